The molecule has 4 heteroatoms. The third kappa shape index (κ3) is 3.20. The Morgan fingerprint density at radius 1 is 1.67 bits per heavy atom. The maximum Gasteiger partial charge on any atom is 0.318 e. The minimum absolute atomic E-state index is 0.390. The number of aliphatic carboxylic acids is 1. The van der Waals surface area contributed by atoms with Crippen molar-refractivity contribution in [1.29, 1.82) is 0 Å². The molecule has 54 valence electrons. The van der Waals surface area contributed by atoms with E-state index in [1.807, 2.05) is 0 Å². The molecule has 0 aromatic carbocycles. The van der Waals surface area contributed by atoms with Gasteiger partial charge >= 0.3 is 5.97 Å². The summed E-state index contributed by atoms with van der Waals surface area (Å²) in [6.07, 6.45) is 0. The van der Waals surface area contributed by atoms with E-state index in [1.165, 1.54) is 0 Å². The molecular weight excluding hydrogens is 252 g/mol. The van der Waals surface area contributed by atoms with Crippen LogP contribution in [0.5, 0.6) is 0 Å². The Balaban J connectivity index is 4.04. The highest BCUT2D eigenvalue weighted by atomic mass is 79.9. The quantitative estimate of drug-likeness (QED) is 0.771. The third-order valence-electron chi connectivity index (χ3n) is 0.820. The predicted molar refractivity (Wildman–Crippen MR) is 43.4 cm³/mol. The van der Waals surface area contributed by atoms with E-state index in [-0.39, 0.29) is 0 Å². The predicted octanol–water partition coefficient (Wildman–Crippen LogP) is 2.01. The minimum Gasteiger partial charge on any atom is -0.480 e. The lowest BCUT2D eigenvalue weighted by atomic mass is 10.1. The highest BCUT2D eigenvalue weighted by molar-refractivity contribution is 9.12. The zero-order valence-corrected chi connectivity index (χ0v) is 8.36. The van der Waals surface area contributed by atoms with Gasteiger partial charge in [-0.2, -0.15) is 0 Å². The molecule has 0 aliphatic rings. The van der Waals surface area contributed by atoms with Gasteiger partial charge in [0.25, 0.3) is 0 Å². The standard InChI is InChI=1S/C5H8Br2O2/c1-5(2,7)3(6)4(8)9/h3H,1-2H3,(H,8,9). The SMILES string of the molecule is CC(C)(Br)C(Br)C(=O)O. The van der Waals surface area contributed by atoms with Crippen LogP contribution in [0.3, 0.4) is 0 Å². The average Bonchev–Trinajstić information content (AvgIpc) is 1.62. The van der Waals surface area contributed by atoms with Gasteiger partial charge in [0.2, 0.25) is 0 Å². The van der Waals surface area contributed by atoms with Crippen molar-refractivity contribution in [3.8, 4) is 0 Å². The number of rotatable bonds is 2. The van der Waals surface area contributed by atoms with Crippen molar-refractivity contribution in [2.45, 2.75) is 23.0 Å². The van der Waals surface area contributed by atoms with Crippen LogP contribution < -0.4 is 0 Å². The van der Waals surface area contributed by atoms with Crippen LogP contribution >= 0.6 is 31.9 Å². The lowest BCUT2D eigenvalue weighted by Gasteiger charge is -2.18. The Morgan fingerprint density at radius 2 is 2.00 bits per heavy atom. The van der Waals surface area contributed by atoms with Crippen molar-refractivity contribution in [3.05, 3.63) is 0 Å². The molecule has 0 saturated heterocycles. The van der Waals surface area contributed by atoms with Gasteiger partial charge in [0.1, 0.15) is 4.83 Å². The second-order valence-corrected chi connectivity index (χ2v) is 5.22. The smallest absolute Gasteiger partial charge is 0.318 e. The molecule has 0 saturated carbocycles. The molecule has 0 aromatic heterocycles. The fraction of sp³-hybridized carbons (Fsp3) is 0.800. The molecule has 9 heavy (non-hydrogen) atoms. The van der Waals surface area contributed by atoms with Gasteiger partial charge in [-0.3, -0.25) is 4.79 Å². The summed E-state index contributed by atoms with van der Waals surface area (Å²) in [6, 6.07) is 0. The van der Waals surface area contributed by atoms with Gasteiger partial charge in [0.05, 0.1) is 0 Å². The molecule has 1 N–H and O–H groups in total. The molecule has 0 bridgehead atoms. The average molecular weight is 260 g/mol. The highest BCUT2D eigenvalue weighted by Crippen LogP contribution is 2.26. The van der Waals surface area contributed by atoms with Crippen molar-refractivity contribution >= 4 is 37.8 Å². The number of hydrogen-bond donors (Lipinski definition) is 1. The van der Waals surface area contributed by atoms with Crippen molar-refractivity contribution in [2.24, 2.45) is 0 Å². The first kappa shape index (κ1) is 9.43. The van der Waals surface area contributed by atoms with Gasteiger partial charge in [-0.25, -0.2) is 0 Å². The first-order valence-corrected chi connectivity index (χ1v) is 4.12. The van der Waals surface area contributed by atoms with Crippen LogP contribution in [0, 0.1) is 0 Å². The molecule has 0 amide bonds. The van der Waals surface area contributed by atoms with E-state index in [4.69, 9.17) is 5.11 Å². The molecule has 1 unspecified atom stereocenters. The van der Waals surface area contributed by atoms with Crippen LogP contribution in [0.15, 0.2) is 0 Å². The first-order valence-electron chi connectivity index (χ1n) is 2.41. The Hall–Kier alpha value is 0.430. The van der Waals surface area contributed by atoms with Crippen LogP contribution in [0.2, 0.25) is 0 Å². The first-order chi connectivity index (χ1) is 3.85. The molecule has 2 nitrogen and oxygen atoms in total. The summed E-state index contributed by atoms with van der Waals surface area (Å²) in [7, 11) is 0. The van der Waals surface area contributed by atoms with Crippen LogP contribution in [-0.2, 0) is 4.79 Å². The van der Waals surface area contributed by atoms with Gasteiger partial charge in [0.15, 0.2) is 0 Å². The molecule has 0 radical (unpaired) electrons. The van der Waals surface area contributed by atoms with Crippen LogP contribution in [0.4, 0.5) is 0 Å². The van der Waals surface area contributed by atoms with Gasteiger partial charge in [-0.1, -0.05) is 31.9 Å². The third-order valence-corrected chi connectivity index (χ3v) is 3.43. The topological polar surface area (TPSA) is 37.3 Å². The Bertz CT molecular complexity index is 117. The van der Waals surface area contributed by atoms with E-state index in [2.05, 4.69) is 31.9 Å². The second-order valence-electron chi connectivity index (χ2n) is 2.27. The van der Waals surface area contributed by atoms with E-state index >= 15 is 0 Å². The molecule has 0 rings (SSSR count). The van der Waals surface area contributed by atoms with Crippen molar-refractivity contribution < 1.29 is 9.90 Å². The summed E-state index contributed by atoms with van der Waals surface area (Å²) in [5, 5.41) is 8.44. The highest BCUT2D eigenvalue weighted by Gasteiger charge is 2.29. The summed E-state index contributed by atoms with van der Waals surface area (Å²) in [4.78, 5) is 9.73. The Labute approximate surface area is 70.9 Å². The fourth-order valence-electron chi connectivity index (χ4n) is 0.294. The van der Waals surface area contributed by atoms with Gasteiger partial charge in [0, 0.05) is 4.32 Å². The maximum absolute atomic E-state index is 10.3. The van der Waals surface area contributed by atoms with Gasteiger partial charge in [-0.05, 0) is 13.8 Å². The van der Waals surface area contributed by atoms with Crippen LogP contribution in [0.1, 0.15) is 13.8 Å². The lowest BCUT2D eigenvalue weighted by Crippen LogP contribution is -2.31. The maximum atomic E-state index is 10.3. The van der Waals surface area contributed by atoms with E-state index in [9.17, 15) is 4.79 Å². The van der Waals surface area contributed by atoms with Gasteiger partial charge < -0.3 is 5.11 Å². The van der Waals surface area contributed by atoms with Crippen LogP contribution in [-0.4, -0.2) is 20.2 Å². The zero-order chi connectivity index (χ0) is 7.65. The molecule has 0 spiro atoms. The van der Waals surface area contributed by atoms with Crippen molar-refractivity contribution in [3.63, 3.8) is 0 Å². The van der Waals surface area contributed by atoms with E-state index in [1.54, 1.807) is 13.8 Å². The molecule has 0 fully saturated rings. The number of hydrogen-bond acceptors (Lipinski definition) is 1. The van der Waals surface area contributed by atoms with E-state index in [0.717, 1.165) is 0 Å². The minimum atomic E-state index is -0.850. The second kappa shape index (κ2) is 3.01. The summed E-state index contributed by atoms with van der Waals surface area (Å²) in [5.74, 6) is -0.850. The zero-order valence-electron chi connectivity index (χ0n) is 5.19. The van der Waals surface area contributed by atoms with E-state index in [0.29, 0.717) is 0 Å². The van der Waals surface area contributed by atoms with Crippen molar-refractivity contribution in [1.82, 2.24) is 0 Å². The number of alkyl halides is 2. The van der Waals surface area contributed by atoms with Gasteiger partial charge in [-0.15, -0.1) is 0 Å². The summed E-state index contributed by atoms with van der Waals surface area (Å²) >= 11 is 6.23. The Kier molecular flexibility index (Phi) is 3.16. The fourth-order valence-corrected chi connectivity index (χ4v) is 0.489. The number of carboxylic acid groups (broad SMARTS) is 1. The normalized spacial score (nSPS) is 15.1. The summed E-state index contributed by atoms with van der Waals surface area (Å²) < 4.78 is -0.390. The molecule has 1 atom stereocenters. The molecule has 0 aliphatic heterocycles. The largest absolute Gasteiger partial charge is 0.480 e. The molecular formula is C5H8Br2O2. The summed E-state index contributed by atoms with van der Waals surface area (Å²) in [5.41, 5.74) is 0. The lowest BCUT2D eigenvalue weighted by molar-refractivity contribution is -0.136. The number of halogens is 2. The monoisotopic (exact) mass is 258 g/mol. The molecule has 0 aliphatic carbocycles. The number of carbonyl (C=O) groups is 1. The van der Waals surface area contributed by atoms with E-state index < -0.39 is 15.1 Å². The van der Waals surface area contributed by atoms with Crippen molar-refractivity contribution in [2.75, 3.05) is 0 Å². The van der Waals surface area contributed by atoms with Crippen LogP contribution in [0.25, 0.3) is 0 Å². The number of carboxylic acids is 1. The molecule has 0 aromatic rings. The summed E-state index contributed by atoms with van der Waals surface area (Å²) in [6.45, 7) is 3.58. The molecule has 0 heterocycles. The Morgan fingerprint density at radius 3 is 2.00 bits per heavy atom.